The number of hydrogen-bond donors (Lipinski definition) is 0. The second kappa shape index (κ2) is 6.68. The highest BCUT2D eigenvalue weighted by Gasteiger charge is 2.10. The zero-order valence-corrected chi connectivity index (χ0v) is 11.9. The van der Waals surface area contributed by atoms with Crippen molar-refractivity contribution >= 4 is 44.1 Å². The predicted molar refractivity (Wildman–Crippen MR) is 69.5 cm³/mol. The molecule has 1 aromatic heterocycles. The van der Waals surface area contributed by atoms with Crippen molar-refractivity contribution in [1.29, 1.82) is 0 Å². The molecule has 0 radical (unpaired) electrons. The van der Waals surface area contributed by atoms with Crippen LogP contribution < -0.4 is 0 Å². The van der Waals surface area contributed by atoms with E-state index in [1.165, 1.54) is 16.6 Å². The molecule has 0 aliphatic carbocycles. The number of thiophene rings is 1. The van der Waals surface area contributed by atoms with Crippen LogP contribution in [0.4, 0.5) is 0 Å². The Kier molecular flexibility index (Phi) is 5.89. The Morgan fingerprint density at radius 1 is 1.73 bits per heavy atom. The Labute approximate surface area is 107 Å². The first-order valence-corrected chi connectivity index (χ1v) is 7.25. The fourth-order valence-electron chi connectivity index (χ4n) is 1.08. The van der Waals surface area contributed by atoms with Gasteiger partial charge in [-0.1, -0.05) is 11.8 Å². The van der Waals surface area contributed by atoms with Crippen molar-refractivity contribution in [2.45, 2.75) is 20.0 Å². The normalized spacial score (nSPS) is 12.7. The molecule has 0 bridgehead atoms. The van der Waals surface area contributed by atoms with E-state index in [0.29, 0.717) is 6.61 Å². The molecule has 1 atom stereocenters. The van der Waals surface area contributed by atoms with Gasteiger partial charge >= 0.3 is 0 Å². The molecule has 2 nitrogen and oxygen atoms in total. The largest absolute Gasteiger partial charge is 0.372 e. The van der Waals surface area contributed by atoms with Gasteiger partial charge in [-0.3, -0.25) is 4.79 Å². The Morgan fingerprint density at radius 2 is 2.47 bits per heavy atom. The number of halogens is 1. The molecule has 1 unspecified atom stereocenters. The summed E-state index contributed by atoms with van der Waals surface area (Å²) in [6, 6.07) is 2.02. The van der Waals surface area contributed by atoms with Crippen LogP contribution in [0.25, 0.3) is 0 Å². The van der Waals surface area contributed by atoms with E-state index in [1.54, 1.807) is 18.3 Å². The molecular formula is C10H13BrO2S2. The first-order chi connectivity index (χ1) is 7.11. The van der Waals surface area contributed by atoms with Crippen LogP contribution in [0.5, 0.6) is 0 Å². The standard InChI is InChI=1S/C10H13BrO2S2/c1-7(10-9(11)3-5-15-10)13-4-6-14-8(2)12/h3,5,7H,4,6H2,1-2H3. The fourth-order valence-corrected chi connectivity index (χ4v) is 3.25. The van der Waals surface area contributed by atoms with E-state index in [1.807, 2.05) is 18.4 Å². The summed E-state index contributed by atoms with van der Waals surface area (Å²) in [4.78, 5) is 11.9. The monoisotopic (exact) mass is 308 g/mol. The van der Waals surface area contributed by atoms with Gasteiger partial charge < -0.3 is 4.74 Å². The van der Waals surface area contributed by atoms with E-state index in [4.69, 9.17) is 4.74 Å². The molecule has 1 aromatic rings. The second-order valence-electron chi connectivity index (χ2n) is 2.99. The van der Waals surface area contributed by atoms with Crippen molar-refractivity contribution in [3.8, 4) is 0 Å². The lowest BCUT2D eigenvalue weighted by Crippen LogP contribution is -2.03. The van der Waals surface area contributed by atoms with Crippen LogP contribution in [0.15, 0.2) is 15.9 Å². The summed E-state index contributed by atoms with van der Waals surface area (Å²) in [7, 11) is 0. The lowest BCUT2D eigenvalue weighted by molar-refractivity contribution is -0.109. The summed E-state index contributed by atoms with van der Waals surface area (Å²) in [6.45, 7) is 4.20. The van der Waals surface area contributed by atoms with Gasteiger partial charge in [0.05, 0.1) is 12.7 Å². The molecule has 0 saturated carbocycles. The predicted octanol–water partition coefficient (Wildman–Crippen LogP) is 3.87. The molecule has 84 valence electrons. The van der Waals surface area contributed by atoms with E-state index in [2.05, 4.69) is 15.9 Å². The summed E-state index contributed by atoms with van der Waals surface area (Å²) in [5, 5.41) is 2.17. The molecule has 0 spiro atoms. The van der Waals surface area contributed by atoms with Gasteiger partial charge in [-0.05, 0) is 34.3 Å². The third kappa shape index (κ3) is 4.68. The topological polar surface area (TPSA) is 26.3 Å². The molecule has 0 aromatic carbocycles. The number of rotatable bonds is 5. The number of thioether (sulfide) groups is 1. The third-order valence-corrected chi connectivity index (χ3v) is 4.58. The lowest BCUT2D eigenvalue weighted by atomic mass is 10.3. The molecule has 0 saturated heterocycles. The minimum Gasteiger partial charge on any atom is -0.372 e. The summed E-state index contributed by atoms with van der Waals surface area (Å²) in [5.41, 5.74) is 0. The number of carbonyl (C=O) groups is 1. The van der Waals surface area contributed by atoms with Crippen LogP contribution in [-0.4, -0.2) is 17.5 Å². The van der Waals surface area contributed by atoms with E-state index in [0.717, 1.165) is 10.2 Å². The summed E-state index contributed by atoms with van der Waals surface area (Å²) >= 11 is 6.45. The zero-order chi connectivity index (χ0) is 11.3. The van der Waals surface area contributed by atoms with E-state index >= 15 is 0 Å². The third-order valence-electron chi connectivity index (χ3n) is 1.77. The maximum atomic E-state index is 10.7. The van der Waals surface area contributed by atoms with Crippen molar-refractivity contribution in [2.24, 2.45) is 0 Å². The molecule has 0 amide bonds. The van der Waals surface area contributed by atoms with Gasteiger partial charge in [0.15, 0.2) is 5.12 Å². The van der Waals surface area contributed by atoms with Crippen molar-refractivity contribution < 1.29 is 9.53 Å². The van der Waals surface area contributed by atoms with E-state index in [-0.39, 0.29) is 11.2 Å². The van der Waals surface area contributed by atoms with Crippen LogP contribution in [0.2, 0.25) is 0 Å². The van der Waals surface area contributed by atoms with Gasteiger partial charge in [-0.15, -0.1) is 11.3 Å². The van der Waals surface area contributed by atoms with Crippen LogP contribution in [0, 0.1) is 0 Å². The lowest BCUT2D eigenvalue weighted by Gasteiger charge is -2.11. The Balaban J connectivity index is 2.28. The van der Waals surface area contributed by atoms with Crippen LogP contribution >= 0.6 is 39.0 Å². The smallest absolute Gasteiger partial charge is 0.185 e. The first-order valence-electron chi connectivity index (χ1n) is 4.59. The number of carbonyl (C=O) groups excluding carboxylic acids is 1. The molecule has 1 heterocycles. The Morgan fingerprint density at radius 3 is 3.00 bits per heavy atom. The van der Waals surface area contributed by atoms with Gasteiger partial charge in [0, 0.05) is 22.0 Å². The SMILES string of the molecule is CC(=O)SCCOC(C)c1sccc1Br. The Hall–Kier alpha value is 0.160. The highest BCUT2D eigenvalue weighted by atomic mass is 79.9. The molecular weight excluding hydrogens is 296 g/mol. The molecule has 15 heavy (non-hydrogen) atoms. The molecule has 0 N–H and O–H groups in total. The minimum atomic E-state index is 0.0898. The number of hydrogen-bond acceptors (Lipinski definition) is 4. The minimum absolute atomic E-state index is 0.0898. The maximum absolute atomic E-state index is 10.7. The average Bonchev–Trinajstić information content (AvgIpc) is 2.58. The molecule has 0 fully saturated rings. The van der Waals surface area contributed by atoms with Crippen LogP contribution in [0.1, 0.15) is 24.8 Å². The second-order valence-corrected chi connectivity index (χ2v) is 6.06. The van der Waals surface area contributed by atoms with Crippen molar-refractivity contribution in [3.63, 3.8) is 0 Å². The van der Waals surface area contributed by atoms with Crippen molar-refractivity contribution in [1.82, 2.24) is 0 Å². The highest BCUT2D eigenvalue weighted by molar-refractivity contribution is 9.10. The van der Waals surface area contributed by atoms with Gasteiger partial charge in [0.2, 0.25) is 0 Å². The first kappa shape index (κ1) is 13.2. The number of ether oxygens (including phenoxy) is 1. The average molecular weight is 309 g/mol. The van der Waals surface area contributed by atoms with Gasteiger partial charge in [0.1, 0.15) is 0 Å². The quantitative estimate of drug-likeness (QED) is 0.772. The zero-order valence-electron chi connectivity index (χ0n) is 8.66. The summed E-state index contributed by atoms with van der Waals surface area (Å²) in [6.07, 6.45) is 0.0898. The molecule has 1 rings (SSSR count). The van der Waals surface area contributed by atoms with Crippen LogP contribution in [-0.2, 0) is 9.53 Å². The van der Waals surface area contributed by atoms with E-state index < -0.39 is 0 Å². The molecule has 0 aliphatic rings. The fraction of sp³-hybridized carbons (Fsp3) is 0.500. The molecule has 5 heteroatoms. The maximum Gasteiger partial charge on any atom is 0.185 e. The molecule has 0 aliphatic heterocycles. The van der Waals surface area contributed by atoms with Gasteiger partial charge in [-0.2, -0.15) is 0 Å². The van der Waals surface area contributed by atoms with Gasteiger partial charge in [0.25, 0.3) is 0 Å². The van der Waals surface area contributed by atoms with Crippen LogP contribution in [0.3, 0.4) is 0 Å². The van der Waals surface area contributed by atoms with E-state index in [9.17, 15) is 4.79 Å². The summed E-state index contributed by atoms with van der Waals surface area (Å²) in [5.74, 6) is 0.725. The Bertz CT molecular complexity index is 325. The van der Waals surface area contributed by atoms with Crippen molar-refractivity contribution in [2.75, 3.05) is 12.4 Å². The van der Waals surface area contributed by atoms with Gasteiger partial charge in [-0.25, -0.2) is 0 Å². The summed E-state index contributed by atoms with van der Waals surface area (Å²) < 4.78 is 6.72. The van der Waals surface area contributed by atoms with Crippen molar-refractivity contribution in [3.05, 3.63) is 20.8 Å². The highest BCUT2D eigenvalue weighted by Crippen LogP contribution is 2.30.